The summed E-state index contributed by atoms with van der Waals surface area (Å²) in [5.74, 6) is -0.152. The summed E-state index contributed by atoms with van der Waals surface area (Å²) in [4.78, 5) is 0. The molecule has 0 atom stereocenters. The van der Waals surface area contributed by atoms with Crippen molar-refractivity contribution in [1.82, 2.24) is 0 Å². The van der Waals surface area contributed by atoms with Crippen molar-refractivity contribution < 1.29 is 9.13 Å². The fraction of sp³-hybridized carbons (Fsp3) is 0.0769. The van der Waals surface area contributed by atoms with E-state index in [0.29, 0.717) is 21.5 Å². The second-order valence-corrected chi connectivity index (χ2v) is 4.61. The number of hydrogen-bond donors (Lipinski definition) is 2. The van der Waals surface area contributed by atoms with Crippen LogP contribution in [0, 0.1) is 5.82 Å². The lowest BCUT2D eigenvalue weighted by atomic mass is 10.2. The number of nitrogen functional groups attached to an aromatic ring is 1. The van der Waals surface area contributed by atoms with E-state index in [1.165, 1.54) is 19.2 Å². The molecule has 2 rings (SSSR count). The molecule has 2 aromatic rings. The first-order valence-corrected chi connectivity index (χ1v) is 6.12. The molecule has 2 aromatic carbocycles. The molecule has 0 unspecified atom stereocenters. The molecule has 0 aliphatic carbocycles. The summed E-state index contributed by atoms with van der Waals surface area (Å²) in [6.07, 6.45) is 0. The number of ether oxygens (including phenoxy) is 1. The summed E-state index contributed by atoms with van der Waals surface area (Å²) in [5.41, 5.74) is 6.44. The summed E-state index contributed by atoms with van der Waals surface area (Å²) in [6, 6.07) is 7.64. The molecule has 6 heteroatoms. The van der Waals surface area contributed by atoms with E-state index in [1.807, 2.05) is 0 Å². The third-order valence-electron chi connectivity index (χ3n) is 2.54. The van der Waals surface area contributed by atoms with Crippen LogP contribution < -0.4 is 15.8 Å². The molecule has 100 valence electrons. The molecule has 0 aromatic heterocycles. The Morgan fingerprint density at radius 2 is 1.84 bits per heavy atom. The van der Waals surface area contributed by atoms with Gasteiger partial charge in [0, 0.05) is 12.1 Å². The standard InChI is InChI=1S/C13H11Cl2FN2O/c1-19-12-6-11(9(16)5-10(12)17)18-13-7(14)3-2-4-8(13)15/h2-6,18H,17H2,1H3. The van der Waals surface area contributed by atoms with Gasteiger partial charge in [-0.3, -0.25) is 0 Å². The average Bonchev–Trinajstić information content (AvgIpc) is 2.36. The summed E-state index contributed by atoms with van der Waals surface area (Å²) in [5, 5.41) is 3.62. The highest BCUT2D eigenvalue weighted by atomic mass is 35.5. The Balaban J connectivity index is 2.44. The van der Waals surface area contributed by atoms with Gasteiger partial charge in [-0.05, 0) is 12.1 Å². The molecule has 0 fully saturated rings. The van der Waals surface area contributed by atoms with Crippen molar-refractivity contribution >= 4 is 40.3 Å². The lowest BCUT2D eigenvalue weighted by Crippen LogP contribution is -1.99. The number of halogens is 3. The van der Waals surface area contributed by atoms with Crippen LogP contribution in [0.1, 0.15) is 0 Å². The molecular formula is C13H11Cl2FN2O. The third-order valence-corrected chi connectivity index (χ3v) is 3.17. The van der Waals surface area contributed by atoms with Crippen LogP contribution in [0.4, 0.5) is 21.5 Å². The van der Waals surface area contributed by atoms with Crippen LogP contribution in [0.25, 0.3) is 0 Å². The number of para-hydroxylation sites is 1. The highest BCUT2D eigenvalue weighted by Crippen LogP contribution is 2.35. The molecule has 0 amide bonds. The van der Waals surface area contributed by atoms with Gasteiger partial charge in [-0.2, -0.15) is 0 Å². The number of methoxy groups -OCH3 is 1. The summed E-state index contributed by atoms with van der Waals surface area (Å²) < 4.78 is 18.9. The SMILES string of the molecule is COc1cc(Nc2c(Cl)cccc2Cl)c(F)cc1N. The van der Waals surface area contributed by atoms with Gasteiger partial charge in [0.25, 0.3) is 0 Å². The zero-order valence-electron chi connectivity index (χ0n) is 10.0. The van der Waals surface area contributed by atoms with E-state index in [2.05, 4.69) is 5.32 Å². The minimum absolute atomic E-state index is 0.182. The summed E-state index contributed by atoms with van der Waals surface area (Å²) in [6.45, 7) is 0. The molecule has 0 radical (unpaired) electrons. The molecular weight excluding hydrogens is 290 g/mol. The lowest BCUT2D eigenvalue weighted by Gasteiger charge is -2.13. The highest BCUT2D eigenvalue weighted by Gasteiger charge is 2.12. The molecule has 0 saturated heterocycles. The van der Waals surface area contributed by atoms with Crippen molar-refractivity contribution in [3.05, 3.63) is 46.2 Å². The first-order chi connectivity index (χ1) is 9.02. The lowest BCUT2D eigenvalue weighted by molar-refractivity contribution is 0.416. The van der Waals surface area contributed by atoms with Crippen molar-refractivity contribution in [2.75, 3.05) is 18.2 Å². The highest BCUT2D eigenvalue weighted by molar-refractivity contribution is 6.39. The number of anilines is 3. The number of hydrogen-bond acceptors (Lipinski definition) is 3. The smallest absolute Gasteiger partial charge is 0.148 e. The monoisotopic (exact) mass is 300 g/mol. The van der Waals surface area contributed by atoms with E-state index in [4.69, 9.17) is 33.7 Å². The van der Waals surface area contributed by atoms with E-state index >= 15 is 0 Å². The number of nitrogens with two attached hydrogens (primary N) is 1. The molecule has 3 N–H and O–H groups in total. The number of nitrogens with one attached hydrogen (secondary N) is 1. The Morgan fingerprint density at radius 1 is 1.21 bits per heavy atom. The van der Waals surface area contributed by atoms with Crippen molar-refractivity contribution in [3.63, 3.8) is 0 Å². The van der Waals surface area contributed by atoms with Gasteiger partial charge < -0.3 is 15.8 Å². The second-order valence-electron chi connectivity index (χ2n) is 3.80. The summed E-state index contributed by atoms with van der Waals surface area (Å²) in [7, 11) is 1.45. The van der Waals surface area contributed by atoms with E-state index in [9.17, 15) is 4.39 Å². The topological polar surface area (TPSA) is 47.3 Å². The molecule has 3 nitrogen and oxygen atoms in total. The maximum absolute atomic E-state index is 13.8. The molecule has 0 aliphatic heterocycles. The van der Waals surface area contributed by atoms with Crippen LogP contribution >= 0.6 is 23.2 Å². The van der Waals surface area contributed by atoms with Gasteiger partial charge in [-0.1, -0.05) is 29.3 Å². The van der Waals surface area contributed by atoms with E-state index in [1.54, 1.807) is 18.2 Å². The zero-order valence-corrected chi connectivity index (χ0v) is 11.5. The first kappa shape index (κ1) is 13.8. The zero-order chi connectivity index (χ0) is 14.0. The van der Waals surface area contributed by atoms with Gasteiger partial charge in [-0.25, -0.2) is 4.39 Å². The predicted molar refractivity (Wildman–Crippen MR) is 77.1 cm³/mol. The van der Waals surface area contributed by atoms with Gasteiger partial charge in [0.05, 0.1) is 34.2 Å². The molecule has 0 bridgehead atoms. The minimum Gasteiger partial charge on any atom is -0.495 e. The second kappa shape index (κ2) is 5.55. The summed E-state index contributed by atoms with van der Waals surface area (Å²) >= 11 is 12.0. The maximum Gasteiger partial charge on any atom is 0.148 e. The Hall–Kier alpha value is -1.65. The predicted octanol–water partition coefficient (Wildman–Crippen LogP) is 4.47. The van der Waals surface area contributed by atoms with Crippen LogP contribution in [-0.4, -0.2) is 7.11 Å². The van der Waals surface area contributed by atoms with Gasteiger partial charge >= 0.3 is 0 Å². The molecule has 0 heterocycles. The van der Waals surface area contributed by atoms with Gasteiger partial charge in [0.2, 0.25) is 0 Å². The van der Waals surface area contributed by atoms with Crippen LogP contribution in [0.3, 0.4) is 0 Å². The number of rotatable bonds is 3. The third kappa shape index (κ3) is 2.85. The Labute approximate surface area is 120 Å². The van der Waals surface area contributed by atoms with Crippen molar-refractivity contribution in [2.24, 2.45) is 0 Å². The van der Waals surface area contributed by atoms with Crippen molar-refractivity contribution in [1.29, 1.82) is 0 Å². The molecule has 19 heavy (non-hydrogen) atoms. The minimum atomic E-state index is -0.519. The van der Waals surface area contributed by atoms with Crippen LogP contribution in [0.5, 0.6) is 5.75 Å². The molecule has 0 spiro atoms. The van der Waals surface area contributed by atoms with Crippen LogP contribution in [0.2, 0.25) is 10.0 Å². The Bertz CT molecular complexity index is 600. The fourth-order valence-corrected chi connectivity index (χ4v) is 2.09. The molecule has 0 aliphatic rings. The normalized spacial score (nSPS) is 10.3. The quantitative estimate of drug-likeness (QED) is 0.822. The molecule has 0 saturated carbocycles. The Kier molecular flexibility index (Phi) is 4.02. The number of benzene rings is 2. The Morgan fingerprint density at radius 3 is 2.42 bits per heavy atom. The van der Waals surface area contributed by atoms with E-state index < -0.39 is 5.82 Å². The fourth-order valence-electron chi connectivity index (χ4n) is 1.59. The van der Waals surface area contributed by atoms with E-state index in [-0.39, 0.29) is 11.4 Å². The van der Waals surface area contributed by atoms with Gasteiger partial charge in [-0.15, -0.1) is 0 Å². The largest absolute Gasteiger partial charge is 0.495 e. The average molecular weight is 301 g/mol. The van der Waals surface area contributed by atoms with Gasteiger partial charge in [0.1, 0.15) is 11.6 Å². The first-order valence-electron chi connectivity index (χ1n) is 5.37. The van der Waals surface area contributed by atoms with Crippen LogP contribution in [-0.2, 0) is 0 Å². The maximum atomic E-state index is 13.8. The van der Waals surface area contributed by atoms with Crippen molar-refractivity contribution in [2.45, 2.75) is 0 Å². The van der Waals surface area contributed by atoms with Gasteiger partial charge in [0.15, 0.2) is 0 Å². The van der Waals surface area contributed by atoms with Crippen molar-refractivity contribution in [3.8, 4) is 5.75 Å². The van der Waals surface area contributed by atoms with Crippen LogP contribution in [0.15, 0.2) is 30.3 Å². The van der Waals surface area contributed by atoms with E-state index in [0.717, 1.165) is 0 Å².